The zero-order valence-electron chi connectivity index (χ0n) is 16.9. The maximum Gasteiger partial charge on any atom is 0.338 e. The van der Waals surface area contributed by atoms with Crippen molar-refractivity contribution >= 4 is 46.7 Å². The van der Waals surface area contributed by atoms with E-state index in [4.69, 9.17) is 27.9 Å². The van der Waals surface area contributed by atoms with Crippen LogP contribution in [-0.2, 0) is 4.74 Å². The van der Waals surface area contributed by atoms with E-state index in [1.165, 1.54) is 30.3 Å². The summed E-state index contributed by atoms with van der Waals surface area (Å²) in [6, 6.07) is 8.93. The van der Waals surface area contributed by atoms with Crippen LogP contribution in [0.25, 0.3) is 0 Å². The number of unbranched alkanes of at least 4 members (excludes halogenated alkanes) is 3. The second-order valence-corrected chi connectivity index (χ2v) is 8.18. The first-order valence-corrected chi connectivity index (χ1v) is 10.8. The number of fused-ring (bicyclic) bond motifs is 1. The summed E-state index contributed by atoms with van der Waals surface area (Å²) in [6.07, 6.45) is 5.00. The van der Waals surface area contributed by atoms with Crippen LogP contribution in [-0.4, -0.2) is 23.9 Å². The third kappa shape index (κ3) is 4.68. The number of hydrogen-bond acceptors (Lipinski definition) is 4. The van der Waals surface area contributed by atoms with Gasteiger partial charge in [0.15, 0.2) is 0 Å². The number of halogens is 2. The number of ether oxygens (including phenoxy) is 1. The van der Waals surface area contributed by atoms with E-state index in [1.54, 1.807) is 6.07 Å². The number of imide groups is 1. The summed E-state index contributed by atoms with van der Waals surface area (Å²) in [7, 11) is 0. The van der Waals surface area contributed by atoms with Gasteiger partial charge in [-0.3, -0.25) is 9.59 Å². The summed E-state index contributed by atoms with van der Waals surface area (Å²) in [5.41, 5.74) is 0.957. The van der Waals surface area contributed by atoms with Gasteiger partial charge in [-0.1, -0.05) is 49.4 Å². The number of nitrogens with zero attached hydrogens (tertiary/aromatic N) is 1. The molecule has 0 spiro atoms. The summed E-state index contributed by atoms with van der Waals surface area (Å²) in [5.74, 6) is -1.50. The smallest absolute Gasteiger partial charge is 0.338 e. The Morgan fingerprint density at radius 1 is 0.967 bits per heavy atom. The molecule has 1 unspecified atom stereocenters. The molecule has 0 aliphatic carbocycles. The predicted octanol–water partition coefficient (Wildman–Crippen LogP) is 6.31. The Morgan fingerprint density at radius 2 is 1.70 bits per heavy atom. The second kappa shape index (κ2) is 9.63. The number of carbonyl (C=O) groups is 3. The van der Waals surface area contributed by atoms with Crippen molar-refractivity contribution in [3.63, 3.8) is 0 Å². The number of esters is 1. The van der Waals surface area contributed by atoms with Crippen molar-refractivity contribution in [3.8, 4) is 0 Å². The van der Waals surface area contributed by atoms with Crippen molar-refractivity contribution in [2.45, 2.75) is 52.1 Å². The molecule has 0 radical (unpaired) electrons. The minimum atomic E-state index is -0.518. The molecule has 2 aromatic carbocycles. The largest absolute Gasteiger partial charge is 0.459 e. The molecule has 0 saturated heterocycles. The van der Waals surface area contributed by atoms with Gasteiger partial charge in [0.2, 0.25) is 0 Å². The third-order valence-corrected chi connectivity index (χ3v) is 5.80. The lowest BCUT2D eigenvalue weighted by Crippen LogP contribution is -2.29. The van der Waals surface area contributed by atoms with Crippen LogP contribution in [0.5, 0.6) is 0 Å². The van der Waals surface area contributed by atoms with Crippen LogP contribution in [0.2, 0.25) is 10.0 Å². The van der Waals surface area contributed by atoms with Gasteiger partial charge in [0, 0.05) is 0 Å². The van der Waals surface area contributed by atoms with Crippen LogP contribution in [0.3, 0.4) is 0 Å². The molecule has 1 atom stereocenters. The molecule has 2 amide bonds. The maximum absolute atomic E-state index is 12.9. The molecule has 0 N–H and O–H groups in total. The topological polar surface area (TPSA) is 63.7 Å². The summed E-state index contributed by atoms with van der Waals surface area (Å²) in [5, 5.41) is 0.564. The normalized spacial score (nSPS) is 14.1. The second-order valence-electron chi connectivity index (χ2n) is 7.37. The lowest BCUT2D eigenvalue weighted by atomic mass is 10.1. The van der Waals surface area contributed by atoms with Crippen molar-refractivity contribution in [1.29, 1.82) is 0 Å². The molecule has 0 saturated carbocycles. The van der Waals surface area contributed by atoms with Gasteiger partial charge in [-0.2, -0.15) is 0 Å². The molecule has 158 valence electrons. The molecule has 0 aromatic heterocycles. The monoisotopic (exact) mass is 447 g/mol. The minimum Gasteiger partial charge on any atom is -0.459 e. The number of hydrogen-bond donors (Lipinski definition) is 0. The van der Waals surface area contributed by atoms with E-state index in [9.17, 15) is 14.4 Å². The first kappa shape index (κ1) is 22.3. The molecule has 0 bridgehead atoms. The number of carbonyl (C=O) groups excluding carboxylic acids is 3. The Bertz CT molecular complexity index is 989. The predicted molar refractivity (Wildman–Crippen MR) is 118 cm³/mol. The van der Waals surface area contributed by atoms with Gasteiger partial charge >= 0.3 is 5.97 Å². The first-order chi connectivity index (χ1) is 14.3. The number of anilines is 1. The highest BCUT2D eigenvalue weighted by atomic mass is 35.5. The summed E-state index contributed by atoms with van der Waals surface area (Å²) < 4.78 is 5.50. The van der Waals surface area contributed by atoms with Crippen LogP contribution < -0.4 is 4.90 Å². The molecule has 2 aromatic rings. The molecule has 1 heterocycles. The van der Waals surface area contributed by atoms with Crippen LogP contribution >= 0.6 is 23.2 Å². The molecular weight excluding hydrogens is 425 g/mol. The highest BCUT2D eigenvalue weighted by Crippen LogP contribution is 2.33. The number of rotatable bonds is 8. The lowest BCUT2D eigenvalue weighted by Gasteiger charge is -2.14. The zero-order chi connectivity index (χ0) is 21.8. The van der Waals surface area contributed by atoms with E-state index >= 15 is 0 Å². The summed E-state index contributed by atoms with van der Waals surface area (Å²) in [6.45, 7) is 4.00. The molecule has 3 rings (SSSR count). The van der Waals surface area contributed by atoms with Gasteiger partial charge in [-0.05, 0) is 56.2 Å². The van der Waals surface area contributed by atoms with Gasteiger partial charge in [0.05, 0.1) is 38.5 Å². The van der Waals surface area contributed by atoms with Crippen molar-refractivity contribution < 1.29 is 19.1 Å². The standard InChI is InChI=1S/C23H23Cl2NO4/c1-3-4-5-6-7-14(2)30-23(29)15-8-10-17-18(12-15)22(28)26(21(17)27)16-9-11-19(24)20(25)13-16/h8-14H,3-7H2,1-2H3. The SMILES string of the molecule is CCCCCCC(C)OC(=O)c1ccc2c(c1)C(=O)N(c1ccc(Cl)c(Cl)c1)C2=O. The van der Waals surface area contributed by atoms with E-state index in [-0.39, 0.29) is 27.8 Å². The van der Waals surface area contributed by atoms with Crippen molar-refractivity contribution in [1.82, 2.24) is 0 Å². The molecule has 1 aliphatic heterocycles. The average Bonchev–Trinajstić information content (AvgIpc) is 2.97. The van der Waals surface area contributed by atoms with Crippen molar-refractivity contribution in [2.75, 3.05) is 4.90 Å². The molecule has 5 nitrogen and oxygen atoms in total. The molecule has 30 heavy (non-hydrogen) atoms. The molecular formula is C23H23Cl2NO4. The van der Waals surface area contributed by atoms with E-state index in [0.717, 1.165) is 37.0 Å². The van der Waals surface area contributed by atoms with E-state index < -0.39 is 17.8 Å². The van der Waals surface area contributed by atoms with Crippen molar-refractivity contribution in [3.05, 3.63) is 63.1 Å². The molecule has 7 heteroatoms. The Hall–Kier alpha value is -2.37. The highest BCUT2D eigenvalue weighted by Gasteiger charge is 2.37. The van der Waals surface area contributed by atoms with Gasteiger partial charge in [-0.15, -0.1) is 0 Å². The average molecular weight is 448 g/mol. The minimum absolute atomic E-state index is 0.163. The highest BCUT2D eigenvalue weighted by molar-refractivity contribution is 6.42. The Kier molecular flexibility index (Phi) is 7.16. The van der Waals surface area contributed by atoms with Crippen LogP contribution in [0.1, 0.15) is 77.0 Å². The Labute approximate surface area is 185 Å². The fourth-order valence-corrected chi connectivity index (χ4v) is 3.69. The maximum atomic E-state index is 12.9. The first-order valence-electron chi connectivity index (χ1n) is 10.0. The summed E-state index contributed by atoms with van der Waals surface area (Å²) in [4.78, 5) is 39.2. The van der Waals surface area contributed by atoms with Crippen molar-refractivity contribution in [2.24, 2.45) is 0 Å². The van der Waals surface area contributed by atoms with Gasteiger partial charge in [0.1, 0.15) is 0 Å². The van der Waals surface area contributed by atoms with Crippen LogP contribution in [0, 0.1) is 0 Å². The number of amides is 2. The van der Waals surface area contributed by atoms with Crippen LogP contribution in [0.15, 0.2) is 36.4 Å². The van der Waals surface area contributed by atoms with E-state index in [0.29, 0.717) is 10.7 Å². The molecule has 1 aliphatic rings. The third-order valence-electron chi connectivity index (χ3n) is 5.06. The van der Waals surface area contributed by atoms with Gasteiger partial charge < -0.3 is 4.74 Å². The number of benzene rings is 2. The fraction of sp³-hybridized carbons (Fsp3) is 0.348. The molecule has 0 fully saturated rings. The Morgan fingerprint density at radius 3 is 2.40 bits per heavy atom. The summed E-state index contributed by atoms with van der Waals surface area (Å²) >= 11 is 11.9. The van der Waals surface area contributed by atoms with E-state index in [1.807, 2.05) is 6.92 Å². The van der Waals surface area contributed by atoms with Crippen LogP contribution in [0.4, 0.5) is 5.69 Å². The van der Waals surface area contributed by atoms with Gasteiger partial charge in [0.25, 0.3) is 11.8 Å². The quantitative estimate of drug-likeness (QED) is 0.270. The Balaban J connectivity index is 1.75. The fourth-order valence-electron chi connectivity index (χ4n) is 3.39. The zero-order valence-corrected chi connectivity index (χ0v) is 18.4. The van der Waals surface area contributed by atoms with E-state index in [2.05, 4.69) is 6.92 Å². The van der Waals surface area contributed by atoms with Gasteiger partial charge in [-0.25, -0.2) is 9.69 Å². The lowest BCUT2D eigenvalue weighted by molar-refractivity contribution is 0.0319.